The van der Waals surface area contributed by atoms with Crippen molar-refractivity contribution in [1.82, 2.24) is 0 Å². The number of hydrogen-bond acceptors (Lipinski definition) is 3. The van der Waals surface area contributed by atoms with Gasteiger partial charge in [-0.15, -0.1) is 0 Å². The van der Waals surface area contributed by atoms with E-state index in [-0.39, 0.29) is 28.9 Å². The van der Waals surface area contributed by atoms with E-state index < -0.39 is 5.97 Å². The van der Waals surface area contributed by atoms with E-state index in [2.05, 4.69) is 52.9 Å². The molecule has 0 heterocycles. The minimum atomic E-state index is -1.00. The first kappa shape index (κ1) is 21.5. The van der Waals surface area contributed by atoms with Gasteiger partial charge in [0.05, 0.1) is 5.56 Å². The van der Waals surface area contributed by atoms with E-state index in [1.807, 2.05) is 12.1 Å². The molecular formula is C23H29NO4. The van der Waals surface area contributed by atoms with Gasteiger partial charge in [0, 0.05) is 5.69 Å². The number of carboxylic acid groups (broad SMARTS) is 1. The monoisotopic (exact) mass is 383 g/mol. The minimum absolute atomic E-state index is 0.0258. The van der Waals surface area contributed by atoms with Crippen LogP contribution in [0.15, 0.2) is 42.5 Å². The summed E-state index contributed by atoms with van der Waals surface area (Å²) in [6.45, 7) is 12.7. The number of benzene rings is 2. The first-order valence-corrected chi connectivity index (χ1v) is 9.29. The average Bonchev–Trinajstić information content (AvgIpc) is 2.58. The number of ether oxygens (including phenoxy) is 1. The van der Waals surface area contributed by atoms with Gasteiger partial charge in [-0.3, -0.25) is 4.79 Å². The number of hydrogen-bond donors (Lipinski definition) is 2. The Balaban J connectivity index is 2.10. The van der Waals surface area contributed by atoms with Gasteiger partial charge < -0.3 is 15.2 Å². The smallest absolute Gasteiger partial charge is 0.335 e. The van der Waals surface area contributed by atoms with Crippen LogP contribution in [0.25, 0.3) is 0 Å². The second-order valence-corrected chi connectivity index (χ2v) is 8.93. The lowest BCUT2D eigenvalue weighted by Gasteiger charge is -2.27. The van der Waals surface area contributed by atoms with Crippen LogP contribution in [-0.4, -0.2) is 23.6 Å². The van der Waals surface area contributed by atoms with Gasteiger partial charge in [0.25, 0.3) is 5.91 Å². The van der Waals surface area contributed by atoms with Gasteiger partial charge in [-0.2, -0.15) is 0 Å². The van der Waals surface area contributed by atoms with Gasteiger partial charge in [-0.1, -0.05) is 53.7 Å². The molecule has 2 aromatic rings. The summed E-state index contributed by atoms with van der Waals surface area (Å²) < 4.78 is 5.82. The summed E-state index contributed by atoms with van der Waals surface area (Å²) in [6.07, 6.45) is 0. The summed E-state index contributed by atoms with van der Waals surface area (Å²) in [5, 5.41) is 11.6. The molecule has 0 aromatic heterocycles. The molecule has 0 saturated heterocycles. The Morgan fingerprint density at radius 3 is 2.04 bits per heavy atom. The van der Waals surface area contributed by atoms with E-state index in [0.717, 1.165) is 5.56 Å². The zero-order valence-electron chi connectivity index (χ0n) is 17.4. The Kier molecular flexibility index (Phi) is 6.17. The lowest BCUT2D eigenvalue weighted by molar-refractivity contribution is -0.118. The van der Waals surface area contributed by atoms with E-state index in [1.54, 1.807) is 12.1 Å². The molecule has 0 radical (unpaired) electrons. The largest absolute Gasteiger partial charge is 0.483 e. The van der Waals surface area contributed by atoms with Crippen LogP contribution in [0, 0.1) is 0 Å². The fourth-order valence-electron chi connectivity index (χ4n) is 2.74. The molecule has 0 aliphatic heterocycles. The standard InChI is InChI=1S/C23H29NO4/c1-22(2,3)16-9-12-19(18(13-16)23(4,5)6)28-14-20(25)24-17-10-7-15(8-11-17)21(26)27/h7-13H,14H2,1-6H3,(H,24,25)(H,26,27). The summed E-state index contributed by atoms with van der Waals surface area (Å²) in [4.78, 5) is 23.1. The fourth-order valence-corrected chi connectivity index (χ4v) is 2.74. The predicted octanol–water partition coefficient (Wildman–Crippen LogP) is 5.00. The molecule has 5 nitrogen and oxygen atoms in total. The Hall–Kier alpha value is -2.82. The van der Waals surface area contributed by atoms with Crippen LogP contribution < -0.4 is 10.1 Å². The summed E-state index contributed by atoms with van der Waals surface area (Å²) in [6, 6.07) is 12.1. The summed E-state index contributed by atoms with van der Waals surface area (Å²) in [5.74, 6) is -0.616. The number of carboxylic acids is 1. The van der Waals surface area contributed by atoms with Gasteiger partial charge in [0.1, 0.15) is 5.75 Å². The highest BCUT2D eigenvalue weighted by Gasteiger charge is 2.23. The van der Waals surface area contributed by atoms with Gasteiger partial charge in [0.15, 0.2) is 6.61 Å². The van der Waals surface area contributed by atoms with E-state index in [0.29, 0.717) is 11.4 Å². The van der Waals surface area contributed by atoms with Crippen molar-refractivity contribution in [1.29, 1.82) is 0 Å². The van der Waals surface area contributed by atoms with Gasteiger partial charge in [-0.25, -0.2) is 4.79 Å². The van der Waals surface area contributed by atoms with Crippen molar-refractivity contribution < 1.29 is 19.4 Å². The fraction of sp³-hybridized carbons (Fsp3) is 0.391. The third-order valence-corrected chi connectivity index (χ3v) is 4.43. The quantitative estimate of drug-likeness (QED) is 0.762. The van der Waals surface area contributed by atoms with E-state index in [1.165, 1.54) is 17.7 Å². The van der Waals surface area contributed by atoms with Crippen LogP contribution in [0.2, 0.25) is 0 Å². The van der Waals surface area contributed by atoms with Crippen molar-refractivity contribution in [3.8, 4) is 5.75 Å². The van der Waals surface area contributed by atoms with E-state index >= 15 is 0 Å². The highest BCUT2D eigenvalue weighted by Crippen LogP contribution is 2.35. The number of carbonyl (C=O) groups is 2. The molecule has 0 fully saturated rings. The molecule has 2 rings (SSSR count). The second kappa shape index (κ2) is 8.05. The molecular weight excluding hydrogens is 354 g/mol. The Morgan fingerprint density at radius 2 is 1.54 bits per heavy atom. The molecule has 0 unspecified atom stereocenters. The lowest BCUT2D eigenvalue weighted by Crippen LogP contribution is -2.22. The molecule has 0 saturated carbocycles. The highest BCUT2D eigenvalue weighted by molar-refractivity contribution is 5.93. The number of carbonyl (C=O) groups excluding carboxylic acids is 1. The number of nitrogens with one attached hydrogen (secondary N) is 1. The minimum Gasteiger partial charge on any atom is -0.483 e. The Morgan fingerprint density at radius 1 is 0.929 bits per heavy atom. The normalized spacial score (nSPS) is 11.8. The molecule has 28 heavy (non-hydrogen) atoms. The zero-order chi connectivity index (χ0) is 21.1. The third-order valence-electron chi connectivity index (χ3n) is 4.43. The molecule has 0 bridgehead atoms. The van der Waals surface area contributed by atoms with Crippen molar-refractivity contribution in [2.45, 2.75) is 52.4 Å². The SMILES string of the molecule is CC(C)(C)c1ccc(OCC(=O)Nc2ccc(C(=O)O)cc2)c(C(C)(C)C)c1. The van der Waals surface area contributed by atoms with Crippen molar-refractivity contribution in [2.24, 2.45) is 0 Å². The zero-order valence-corrected chi connectivity index (χ0v) is 17.4. The Labute approximate surface area is 166 Å². The molecule has 0 aliphatic rings. The second-order valence-electron chi connectivity index (χ2n) is 8.93. The van der Waals surface area contributed by atoms with Crippen LogP contribution in [0.5, 0.6) is 5.75 Å². The van der Waals surface area contributed by atoms with Crippen LogP contribution in [0.3, 0.4) is 0 Å². The molecule has 5 heteroatoms. The number of amides is 1. The maximum Gasteiger partial charge on any atom is 0.335 e. The molecule has 0 aliphatic carbocycles. The van der Waals surface area contributed by atoms with Crippen molar-refractivity contribution in [2.75, 3.05) is 11.9 Å². The van der Waals surface area contributed by atoms with Crippen LogP contribution in [0.1, 0.15) is 63.0 Å². The van der Waals surface area contributed by atoms with Crippen molar-refractivity contribution in [3.63, 3.8) is 0 Å². The first-order valence-electron chi connectivity index (χ1n) is 9.29. The molecule has 2 N–H and O–H groups in total. The van der Waals surface area contributed by atoms with Crippen molar-refractivity contribution in [3.05, 3.63) is 59.2 Å². The molecule has 2 aromatic carbocycles. The van der Waals surface area contributed by atoms with Crippen LogP contribution in [-0.2, 0) is 15.6 Å². The molecule has 1 amide bonds. The Bertz CT molecular complexity index is 856. The lowest BCUT2D eigenvalue weighted by atomic mass is 9.80. The number of anilines is 1. The predicted molar refractivity (Wildman–Crippen MR) is 111 cm³/mol. The highest BCUT2D eigenvalue weighted by atomic mass is 16.5. The first-order chi connectivity index (χ1) is 12.9. The van der Waals surface area contributed by atoms with Crippen LogP contribution in [0.4, 0.5) is 5.69 Å². The maximum absolute atomic E-state index is 12.2. The van der Waals surface area contributed by atoms with Gasteiger partial charge >= 0.3 is 5.97 Å². The average molecular weight is 383 g/mol. The molecule has 0 spiro atoms. The third kappa shape index (κ3) is 5.59. The maximum atomic E-state index is 12.2. The molecule has 0 atom stereocenters. The van der Waals surface area contributed by atoms with Gasteiger partial charge in [-0.05, 0) is 52.3 Å². The van der Waals surface area contributed by atoms with Gasteiger partial charge in [0.2, 0.25) is 0 Å². The number of aromatic carboxylic acids is 1. The summed E-state index contributed by atoms with van der Waals surface area (Å²) in [7, 11) is 0. The summed E-state index contributed by atoms with van der Waals surface area (Å²) in [5.41, 5.74) is 2.87. The topological polar surface area (TPSA) is 75.6 Å². The number of rotatable bonds is 5. The van der Waals surface area contributed by atoms with E-state index in [4.69, 9.17) is 9.84 Å². The van der Waals surface area contributed by atoms with E-state index in [9.17, 15) is 9.59 Å². The van der Waals surface area contributed by atoms with Crippen molar-refractivity contribution >= 4 is 17.6 Å². The summed E-state index contributed by atoms with van der Waals surface area (Å²) >= 11 is 0. The molecule has 150 valence electrons. The van der Waals surface area contributed by atoms with Crippen LogP contribution >= 0.6 is 0 Å².